The molecular weight excluding hydrogens is 234 g/mol. The molecule has 0 unspecified atom stereocenters. The van der Waals surface area contributed by atoms with Crippen molar-refractivity contribution in [3.8, 4) is 0 Å². The van der Waals surface area contributed by atoms with Crippen molar-refractivity contribution in [1.29, 1.82) is 0 Å². The van der Waals surface area contributed by atoms with Gasteiger partial charge in [0.05, 0.1) is 13.1 Å². The second kappa shape index (κ2) is 4.09. The molecule has 0 aromatic carbocycles. The summed E-state index contributed by atoms with van der Waals surface area (Å²) in [6.07, 6.45) is 1.20. The first-order chi connectivity index (χ1) is 8.02. The summed E-state index contributed by atoms with van der Waals surface area (Å²) in [6, 6.07) is 1.38. The van der Waals surface area contributed by atoms with E-state index in [-0.39, 0.29) is 5.82 Å². The monoisotopic (exact) mass is 244 g/mol. The number of nitrogens with two attached hydrogens (primary N) is 1. The minimum atomic E-state index is -3.00. The highest BCUT2D eigenvalue weighted by Crippen LogP contribution is 2.12. The van der Waals surface area contributed by atoms with Crippen LogP contribution < -0.4 is 16.7 Å². The molecule has 9 heteroatoms. The second-order valence-electron chi connectivity index (χ2n) is 3.44. The predicted molar refractivity (Wildman–Crippen MR) is 56.1 cm³/mol. The number of fused-ring (bicyclic) bond motifs is 1. The molecule has 0 bridgehead atoms. The Morgan fingerprint density at radius 1 is 1.59 bits per heavy atom. The largest absolute Gasteiger partial charge is 0.364 e. The highest BCUT2D eigenvalue weighted by Gasteiger charge is 2.26. The van der Waals surface area contributed by atoms with E-state index in [1.54, 1.807) is 0 Å². The number of aromatic amines is 1. The second-order valence-corrected chi connectivity index (χ2v) is 3.44. The lowest BCUT2D eigenvalue weighted by Gasteiger charge is -2.14. The van der Waals surface area contributed by atoms with Gasteiger partial charge in [0.2, 0.25) is 0 Å². The lowest BCUT2D eigenvalue weighted by atomic mass is 10.3. The SMILES string of the molecule is NCC(F)(F)CNc1cc2n[nH]c(=O)n2cn1. The van der Waals surface area contributed by atoms with Gasteiger partial charge in [-0.3, -0.25) is 0 Å². The summed E-state index contributed by atoms with van der Waals surface area (Å²) in [7, 11) is 0. The molecule has 0 spiro atoms. The molecule has 0 aliphatic heterocycles. The van der Waals surface area contributed by atoms with Crippen molar-refractivity contribution in [2.24, 2.45) is 5.73 Å². The van der Waals surface area contributed by atoms with Crippen molar-refractivity contribution in [3.63, 3.8) is 0 Å². The molecule has 92 valence electrons. The van der Waals surface area contributed by atoms with E-state index < -0.39 is 24.7 Å². The van der Waals surface area contributed by atoms with Crippen molar-refractivity contribution in [1.82, 2.24) is 19.6 Å². The van der Waals surface area contributed by atoms with Gasteiger partial charge in [0.1, 0.15) is 12.1 Å². The van der Waals surface area contributed by atoms with Gasteiger partial charge in [-0.05, 0) is 0 Å². The van der Waals surface area contributed by atoms with Crippen LogP contribution in [0.15, 0.2) is 17.2 Å². The van der Waals surface area contributed by atoms with E-state index in [1.165, 1.54) is 12.4 Å². The first-order valence-electron chi connectivity index (χ1n) is 4.76. The van der Waals surface area contributed by atoms with Crippen molar-refractivity contribution < 1.29 is 8.78 Å². The van der Waals surface area contributed by atoms with Crippen molar-refractivity contribution in [3.05, 3.63) is 22.9 Å². The van der Waals surface area contributed by atoms with Gasteiger partial charge in [-0.15, -0.1) is 0 Å². The molecule has 0 fully saturated rings. The van der Waals surface area contributed by atoms with Crippen LogP contribution in [0.25, 0.3) is 5.65 Å². The molecule has 0 amide bonds. The summed E-state index contributed by atoms with van der Waals surface area (Å²) >= 11 is 0. The Balaban J connectivity index is 2.17. The number of rotatable bonds is 4. The molecule has 4 N–H and O–H groups in total. The molecule has 2 heterocycles. The number of hydrogen-bond donors (Lipinski definition) is 3. The summed E-state index contributed by atoms with van der Waals surface area (Å²) < 4.78 is 26.9. The fourth-order valence-corrected chi connectivity index (χ4v) is 1.20. The molecule has 0 aliphatic rings. The summed E-state index contributed by atoms with van der Waals surface area (Å²) in [6.45, 7) is -1.37. The van der Waals surface area contributed by atoms with Crippen LogP contribution in [0.2, 0.25) is 0 Å². The summed E-state index contributed by atoms with van der Waals surface area (Å²) in [5.41, 5.74) is 4.75. The maximum absolute atomic E-state index is 12.9. The molecule has 0 aliphatic carbocycles. The van der Waals surface area contributed by atoms with Gasteiger partial charge >= 0.3 is 5.69 Å². The fourth-order valence-electron chi connectivity index (χ4n) is 1.20. The van der Waals surface area contributed by atoms with Gasteiger partial charge in [0, 0.05) is 6.07 Å². The molecule has 2 aromatic heterocycles. The van der Waals surface area contributed by atoms with E-state index in [0.717, 1.165) is 4.40 Å². The van der Waals surface area contributed by atoms with Gasteiger partial charge in [-0.2, -0.15) is 5.10 Å². The minimum Gasteiger partial charge on any atom is -0.364 e. The summed E-state index contributed by atoms with van der Waals surface area (Å²) in [5, 5.41) is 8.31. The normalized spacial score (nSPS) is 11.9. The molecule has 2 rings (SSSR count). The first-order valence-corrected chi connectivity index (χ1v) is 4.76. The maximum Gasteiger partial charge on any atom is 0.348 e. The Labute approximate surface area is 93.7 Å². The van der Waals surface area contributed by atoms with Gasteiger partial charge in [-0.1, -0.05) is 0 Å². The predicted octanol–water partition coefficient (Wildman–Crippen LogP) is -0.577. The highest BCUT2D eigenvalue weighted by molar-refractivity contribution is 5.48. The van der Waals surface area contributed by atoms with Gasteiger partial charge < -0.3 is 11.1 Å². The summed E-state index contributed by atoms with van der Waals surface area (Å²) in [5.74, 6) is -2.80. The van der Waals surface area contributed by atoms with Crippen molar-refractivity contribution in [2.45, 2.75) is 5.92 Å². The number of H-pyrrole nitrogens is 1. The molecule has 0 radical (unpaired) electrons. The zero-order chi connectivity index (χ0) is 12.5. The van der Waals surface area contributed by atoms with Crippen LogP contribution in [0.1, 0.15) is 0 Å². The highest BCUT2D eigenvalue weighted by atomic mass is 19.3. The molecule has 0 atom stereocenters. The van der Waals surface area contributed by atoms with E-state index in [0.29, 0.717) is 5.65 Å². The third-order valence-electron chi connectivity index (χ3n) is 2.14. The lowest BCUT2D eigenvalue weighted by Crippen LogP contribution is -2.35. The van der Waals surface area contributed by atoms with Gasteiger partial charge in [-0.25, -0.2) is 28.1 Å². The number of anilines is 1. The maximum atomic E-state index is 12.9. The van der Waals surface area contributed by atoms with Crippen molar-refractivity contribution in [2.75, 3.05) is 18.4 Å². The van der Waals surface area contributed by atoms with Crippen LogP contribution in [0.5, 0.6) is 0 Å². The van der Waals surface area contributed by atoms with Crippen LogP contribution in [0, 0.1) is 0 Å². The average molecular weight is 244 g/mol. The quantitative estimate of drug-likeness (QED) is 0.668. The number of nitrogens with zero attached hydrogens (tertiary/aromatic N) is 3. The molecule has 0 saturated carbocycles. The third-order valence-corrected chi connectivity index (χ3v) is 2.14. The fraction of sp³-hybridized carbons (Fsp3) is 0.375. The number of aromatic nitrogens is 4. The van der Waals surface area contributed by atoms with Crippen LogP contribution in [0.3, 0.4) is 0 Å². The molecular formula is C8H10F2N6O. The zero-order valence-electron chi connectivity index (χ0n) is 8.65. The number of alkyl halides is 2. The standard InChI is InChI=1S/C8H10F2N6O/c9-8(10,2-11)3-12-5-1-6-14-15-7(17)16(6)4-13-5/h1,4,12H,2-3,11H2,(H,15,17). The molecule has 0 saturated heterocycles. The van der Waals surface area contributed by atoms with E-state index in [9.17, 15) is 13.6 Å². The molecule has 17 heavy (non-hydrogen) atoms. The lowest BCUT2D eigenvalue weighted by molar-refractivity contribution is 0.0253. The Morgan fingerprint density at radius 3 is 3.06 bits per heavy atom. The van der Waals surface area contributed by atoms with Crippen LogP contribution in [-0.2, 0) is 0 Å². The smallest absolute Gasteiger partial charge is 0.348 e. The Kier molecular flexibility index (Phi) is 2.76. The molecule has 2 aromatic rings. The number of nitrogens with one attached hydrogen (secondary N) is 2. The van der Waals surface area contributed by atoms with E-state index in [2.05, 4.69) is 20.5 Å². The Hall–Kier alpha value is -2.03. The van der Waals surface area contributed by atoms with Crippen LogP contribution in [0.4, 0.5) is 14.6 Å². The van der Waals surface area contributed by atoms with Crippen LogP contribution >= 0.6 is 0 Å². The van der Waals surface area contributed by atoms with Gasteiger partial charge in [0.25, 0.3) is 5.92 Å². The van der Waals surface area contributed by atoms with Crippen molar-refractivity contribution >= 4 is 11.5 Å². The third kappa shape index (κ3) is 2.38. The minimum absolute atomic E-state index is 0.199. The van der Waals surface area contributed by atoms with E-state index >= 15 is 0 Å². The first kappa shape index (κ1) is 11.5. The Morgan fingerprint density at radius 2 is 2.35 bits per heavy atom. The number of hydrogen-bond acceptors (Lipinski definition) is 5. The van der Waals surface area contributed by atoms with Gasteiger partial charge in [0.15, 0.2) is 5.65 Å². The Bertz CT molecular complexity index is 577. The zero-order valence-corrected chi connectivity index (χ0v) is 8.65. The van der Waals surface area contributed by atoms with Crippen LogP contribution in [-0.4, -0.2) is 38.6 Å². The topological polar surface area (TPSA) is 101 Å². The summed E-state index contributed by atoms with van der Waals surface area (Å²) in [4.78, 5) is 14.9. The molecule has 7 nitrogen and oxygen atoms in total. The number of halogens is 2. The van der Waals surface area contributed by atoms with E-state index in [1.807, 2.05) is 0 Å². The average Bonchev–Trinajstić information content (AvgIpc) is 2.68. The van der Waals surface area contributed by atoms with E-state index in [4.69, 9.17) is 5.73 Å².